The Bertz CT molecular complexity index is 431. The Morgan fingerprint density at radius 3 is 3.12 bits per heavy atom. The van der Waals surface area contributed by atoms with Crippen molar-refractivity contribution in [3.05, 3.63) is 47.2 Å². The largest absolute Gasteiger partial charge is 0.299 e. The zero-order valence-corrected chi connectivity index (χ0v) is 9.43. The average molecular weight is 213 g/mol. The highest BCUT2D eigenvalue weighted by molar-refractivity contribution is 5.50. The second kappa shape index (κ2) is 4.91. The Morgan fingerprint density at radius 1 is 1.56 bits per heavy atom. The summed E-state index contributed by atoms with van der Waals surface area (Å²) in [5.74, 6) is 0. The predicted molar refractivity (Wildman–Crippen MR) is 64.5 cm³/mol. The van der Waals surface area contributed by atoms with E-state index >= 15 is 0 Å². The van der Waals surface area contributed by atoms with Gasteiger partial charge in [0.25, 0.3) is 0 Å². The van der Waals surface area contributed by atoms with Crippen molar-refractivity contribution in [3.8, 4) is 0 Å². The van der Waals surface area contributed by atoms with Gasteiger partial charge in [0, 0.05) is 18.4 Å². The highest BCUT2D eigenvalue weighted by atomic mass is 15.1. The van der Waals surface area contributed by atoms with Gasteiger partial charge >= 0.3 is 0 Å². The van der Waals surface area contributed by atoms with E-state index in [9.17, 15) is 0 Å². The minimum absolute atomic E-state index is 0.494. The maximum Gasteiger partial charge on any atom is 0.154 e. The van der Waals surface area contributed by atoms with Crippen LogP contribution in [-0.2, 0) is 0 Å². The first-order valence-corrected chi connectivity index (χ1v) is 5.49. The molecule has 1 aliphatic rings. The highest BCUT2D eigenvalue weighted by Gasteiger charge is 2.22. The number of rotatable bonds is 2. The molecule has 0 bridgehead atoms. The Kier molecular flexibility index (Phi) is 3.33. The number of nitrogens with zero attached hydrogens (tertiary/aromatic N) is 3. The van der Waals surface area contributed by atoms with Crippen LogP contribution in [0, 0.1) is 6.57 Å². The maximum atomic E-state index is 6.71. The van der Waals surface area contributed by atoms with Crippen molar-refractivity contribution in [1.82, 2.24) is 9.88 Å². The number of aromatic nitrogens is 1. The summed E-state index contributed by atoms with van der Waals surface area (Å²) >= 11 is 0. The molecular formula is C13H15N3. The molecule has 82 valence electrons. The summed E-state index contributed by atoms with van der Waals surface area (Å²) in [6, 6.07) is 2.62. The van der Waals surface area contributed by atoms with Gasteiger partial charge in [0.1, 0.15) is 0 Å². The van der Waals surface area contributed by atoms with Gasteiger partial charge in [0.15, 0.2) is 6.20 Å². The highest BCUT2D eigenvalue weighted by Crippen LogP contribution is 2.30. The van der Waals surface area contributed by atoms with Crippen molar-refractivity contribution < 1.29 is 0 Å². The zero-order chi connectivity index (χ0) is 11.4. The van der Waals surface area contributed by atoms with E-state index in [0.717, 1.165) is 12.1 Å². The molecule has 1 aromatic rings. The first-order chi connectivity index (χ1) is 7.81. The van der Waals surface area contributed by atoms with Gasteiger partial charge in [0.2, 0.25) is 0 Å². The fourth-order valence-electron chi connectivity index (χ4n) is 2.20. The van der Waals surface area contributed by atoms with Crippen LogP contribution in [0.1, 0.15) is 30.0 Å². The lowest BCUT2D eigenvalue weighted by molar-refractivity contribution is 0.317. The van der Waals surface area contributed by atoms with Crippen molar-refractivity contribution in [3.63, 3.8) is 0 Å². The van der Waals surface area contributed by atoms with Crippen molar-refractivity contribution in [2.24, 2.45) is 0 Å². The van der Waals surface area contributed by atoms with Crippen LogP contribution in [0.15, 0.2) is 24.7 Å². The Morgan fingerprint density at radius 2 is 2.44 bits per heavy atom. The molecule has 16 heavy (non-hydrogen) atoms. The maximum absolute atomic E-state index is 6.71. The summed E-state index contributed by atoms with van der Waals surface area (Å²) in [5, 5.41) is 0. The lowest BCUT2D eigenvalue weighted by Gasteiger charge is -2.19. The Hall–Kier alpha value is -1.66. The third-order valence-electron chi connectivity index (χ3n) is 3.03. The minimum Gasteiger partial charge on any atom is -0.299 e. The average Bonchev–Trinajstić information content (AvgIpc) is 2.73. The first kappa shape index (κ1) is 10.8. The molecule has 0 unspecified atom stereocenters. The van der Waals surface area contributed by atoms with Crippen LogP contribution in [0.2, 0.25) is 0 Å². The SMILES string of the molecule is [C-]#[N+]/C=C/c1cncc([C@@H]2CCCN2C)c1. The standard InChI is InChI=1S/C13H15N3/c1-14-6-5-11-8-12(10-15-9-11)13-4-3-7-16(13)2/h5-6,8-10,13H,3-4,7H2,2H3/b6-5+/t13-/m0/s1. The summed E-state index contributed by atoms with van der Waals surface area (Å²) in [7, 11) is 2.15. The molecule has 0 amide bonds. The van der Waals surface area contributed by atoms with Gasteiger partial charge in [-0.25, -0.2) is 4.85 Å². The smallest absolute Gasteiger partial charge is 0.154 e. The van der Waals surface area contributed by atoms with Crippen LogP contribution < -0.4 is 0 Å². The molecule has 0 radical (unpaired) electrons. The Labute approximate surface area is 96.2 Å². The molecule has 3 nitrogen and oxygen atoms in total. The minimum atomic E-state index is 0.494. The van der Waals surface area contributed by atoms with Crippen molar-refractivity contribution in [1.29, 1.82) is 0 Å². The van der Waals surface area contributed by atoms with Gasteiger partial charge in [0.05, 0.1) is 6.57 Å². The van der Waals surface area contributed by atoms with Gasteiger partial charge in [-0.2, -0.15) is 0 Å². The number of likely N-dealkylation sites (tertiary alicyclic amines) is 1. The number of pyridine rings is 1. The monoisotopic (exact) mass is 213 g/mol. The molecule has 0 saturated carbocycles. The quantitative estimate of drug-likeness (QED) is 0.704. The lowest BCUT2D eigenvalue weighted by atomic mass is 10.1. The van der Waals surface area contributed by atoms with Crippen LogP contribution >= 0.6 is 0 Å². The molecule has 3 heteroatoms. The Balaban J connectivity index is 2.22. The number of hydrogen-bond acceptors (Lipinski definition) is 2. The molecule has 1 aliphatic heterocycles. The van der Waals surface area contributed by atoms with E-state index in [2.05, 4.69) is 27.8 Å². The molecule has 1 atom stereocenters. The van der Waals surface area contributed by atoms with Gasteiger partial charge in [-0.3, -0.25) is 9.88 Å². The predicted octanol–water partition coefficient (Wildman–Crippen LogP) is 2.74. The molecule has 1 saturated heterocycles. The molecule has 1 aromatic heterocycles. The molecule has 0 aliphatic carbocycles. The molecule has 2 heterocycles. The molecule has 0 spiro atoms. The zero-order valence-electron chi connectivity index (χ0n) is 9.43. The fourth-order valence-corrected chi connectivity index (χ4v) is 2.20. The molecule has 1 fully saturated rings. The lowest BCUT2D eigenvalue weighted by Crippen LogP contribution is -2.17. The van der Waals surface area contributed by atoms with Gasteiger partial charge in [-0.15, -0.1) is 0 Å². The van der Waals surface area contributed by atoms with E-state index in [1.165, 1.54) is 24.6 Å². The van der Waals surface area contributed by atoms with Crippen LogP contribution in [0.4, 0.5) is 0 Å². The summed E-state index contributed by atoms with van der Waals surface area (Å²) < 4.78 is 0. The van der Waals surface area contributed by atoms with Gasteiger partial charge in [-0.05, 0) is 43.6 Å². The van der Waals surface area contributed by atoms with Crippen molar-refractivity contribution >= 4 is 6.08 Å². The normalized spacial score (nSPS) is 21.4. The van der Waals surface area contributed by atoms with E-state index in [1.54, 1.807) is 12.3 Å². The van der Waals surface area contributed by atoms with E-state index in [0.29, 0.717) is 6.04 Å². The fraction of sp³-hybridized carbons (Fsp3) is 0.385. The van der Waals surface area contributed by atoms with Crippen LogP contribution in [-0.4, -0.2) is 23.5 Å². The van der Waals surface area contributed by atoms with Crippen LogP contribution in [0.25, 0.3) is 10.9 Å². The van der Waals surface area contributed by atoms with Crippen LogP contribution in [0.5, 0.6) is 0 Å². The molecule has 2 rings (SSSR count). The van der Waals surface area contributed by atoms with Crippen LogP contribution in [0.3, 0.4) is 0 Å². The third-order valence-corrected chi connectivity index (χ3v) is 3.03. The molecular weight excluding hydrogens is 198 g/mol. The van der Waals surface area contributed by atoms with E-state index in [-0.39, 0.29) is 0 Å². The van der Waals surface area contributed by atoms with Gasteiger partial charge < -0.3 is 0 Å². The summed E-state index contributed by atoms with van der Waals surface area (Å²) in [4.78, 5) is 9.80. The first-order valence-electron chi connectivity index (χ1n) is 5.49. The second-order valence-electron chi connectivity index (χ2n) is 4.14. The van der Waals surface area contributed by atoms with Crippen molar-refractivity contribution in [2.45, 2.75) is 18.9 Å². The summed E-state index contributed by atoms with van der Waals surface area (Å²) in [6.45, 7) is 7.87. The van der Waals surface area contributed by atoms with Crippen molar-refractivity contribution in [2.75, 3.05) is 13.6 Å². The summed E-state index contributed by atoms with van der Waals surface area (Å²) in [6.07, 6.45) is 9.46. The third kappa shape index (κ3) is 2.29. The van der Waals surface area contributed by atoms with E-state index in [1.807, 2.05) is 6.20 Å². The summed E-state index contributed by atoms with van der Waals surface area (Å²) in [5.41, 5.74) is 2.26. The van der Waals surface area contributed by atoms with E-state index < -0.39 is 0 Å². The molecule has 0 aromatic carbocycles. The topological polar surface area (TPSA) is 20.5 Å². The number of hydrogen-bond donors (Lipinski definition) is 0. The van der Waals surface area contributed by atoms with Gasteiger partial charge in [-0.1, -0.05) is 6.08 Å². The van der Waals surface area contributed by atoms with E-state index in [4.69, 9.17) is 6.57 Å². The molecule has 0 N–H and O–H groups in total. The second-order valence-corrected chi connectivity index (χ2v) is 4.14.